The molecule has 0 spiro atoms. The van der Waals surface area contributed by atoms with E-state index in [1.165, 1.54) is 19.2 Å². The number of amides is 2. The van der Waals surface area contributed by atoms with E-state index in [1.807, 2.05) is 0 Å². The van der Waals surface area contributed by atoms with Gasteiger partial charge in [0, 0.05) is 24.5 Å². The Morgan fingerprint density at radius 3 is 2.57 bits per heavy atom. The monoisotopic (exact) mass is 287 g/mol. The van der Waals surface area contributed by atoms with Gasteiger partial charge in [0.2, 0.25) is 5.91 Å². The van der Waals surface area contributed by atoms with Gasteiger partial charge in [-0.05, 0) is 36.8 Å². The van der Waals surface area contributed by atoms with E-state index in [-0.39, 0.29) is 11.5 Å². The lowest BCUT2D eigenvalue weighted by Crippen LogP contribution is -2.14. The zero-order valence-electron chi connectivity index (χ0n) is 11.6. The van der Waals surface area contributed by atoms with Crippen LogP contribution in [0.1, 0.15) is 22.8 Å². The molecule has 0 aliphatic heterocycles. The standard InChI is InChI=1S/C15H14FN3O2/c1-9-7-11(3-4-14(9)18-10(2)20)19-15(21)12-5-6-17-8-13(12)16/h3-8H,1-2H3,(H,18,20)(H,19,21). The molecule has 1 heterocycles. The van der Waals surface area contributed by atoms with E-state index in [0.29, 0.717) is 11.4 Å². The second-order valence-corrected chi connectivity index (χ2v) is 4.52. The molecule has 1 aromatic heterocycles. The second-order valence-electron chi connectivity index (χ2n) is 4.52. The van der Waals surface area contributed by atoms with Gasteiger partial charge in [0.25, 0.3) is 5.91 Å². The normalized spacial score (nSPS) is 10.0. The molecule has 1 aromatic carbocycles. The zero-order valence-corrected chi connectivity index (χ0v) is 11.6. The number of anilines is 2. The molecule has 0 aliphatic carbocycles. The Balaban J connectivity index is 2.17. The van der Waals surface area contributed by atoms with Crippen molar-refractivity contribution in [1.29, 1.82) is 0 Å². The first-order chi connectivity index (χ1) is 9.97. The summed E-state index contributed by atoms with van der Waals surface area (Å²) in [6.45, 7) is 3.22. The van der Waals surface area contributed by atoms with Crippen LogP contribution in [-0.2, 0) is 4.79 Å². The molecule has 0 bridgehead atoms. The van der Waals surface area contributed by atoms with Gasteiger partial charge < -0.3 is 10.6 Å². The number of pyridine rings is 1. The summed E-state index contributed by atoms with van der Waals surface area (Å²) in [5.41, 5.74) is 1.89. The van der Waals surface area contributed by atoms with Gasteiger partial charge in [0.15, 0.2) is 5.82 Å². The molecular formula is C15H14FN3O2. The van der Waals surface area contributed by atoms with E-state index in [9.17, 15) is 14.0 Å². The van der Waals surface area contributed by atoms with Gasteiger partial charge in [-0.3, -0.25) is 14.6 Å². The molecular weight excluding hydrogens is 273 g/mol. The lowest BCUT2D eigenvalue weighted by molar-refractivity contribution is -0.114. The highest BCUT2D eigenvalue weighted by Gasteiger charge is 2.12. The van der Waals surface area contributed by atoms with Gasteiger partial charge in [-0.2, -0.15) is 0 Å². The van der Waals surface area contributed by atoms with Crippen molar-refractivity contribution in [3.05, 3.63) is 53.6 Å². The van der Waals surface area contributed by atoms with Crippen molar-refractivity contribution in [2.75, 3.05) is 10.6 Å². The summed E-state index contributed by atoms with van der Waals surface area (Å²) in [5.74, 6) is -1.41. The number of halogens is 1. The summed E-state index contributed by atoms with van der Waals surface area (Å²) >= 11 is 0. The van der Waals surface area contributed by atoms with Crippen molar-refractivity contribution < 1.29 is 14.0 Å². The molecule has 0 radical (unpaired) electrons. The van der Waals surface area contributed by atoms with Crippen molar-refractivity contribution >= 4 is 23.2 Å². The topological polar surface area (TPSA) is 71.1 Å². The van der Waals surface area contributed by atoms with Gasteiger partial charge in [-0.25, -0.2) is 4.39 Å². The van der Waals surface area contributed by atoms with Crippen molar-refractivity contribution in [2.45, 2.75) is 13.8 Å². The molecule has 2 aromatic rings. The zero-order chi connectivity index (χ0) is 15.4. The lowest BCUT2D eigenvalue weighted by Gasteiger charge is -2.10. The maximum Gasteiger partial charge on any atom is 0.258 e. The number of rotatable bonds is 3. The van der Waals surface area contributed by atoms with Gasteiger partial charge in [0.05, 0.1) is 11.8 Å². The molecule has 0 saturated carbocycles. The van der Waals surface area contributed by atoms with Gasteiger partial charge in [0.1, 0.15) is 0 Å². The highest BCUT2D eigenvalue weighted by molar-refractivity contribution is 6.04. The van der Waals surface area contributed by atoms with Crippen molar-refractivity contribution in [3.8, 4) is 0 Å². The van der Waals surface area contributed by atoms with Crippen LogP contribution in [0.15, 0.2) is 36.7 Å². The minimum atomic E-state index is -0.679. The smallest absolute Gasteiger partial charge is 0.258 e. The maximum atomic E-state index is 13.5. The molecule has 0 aliphatic rings. The largest absolute Gasteiger partial charge is 0.326 e. The van der Waals surface area contributed by atoms with Crippen LogP contribution in [0.3, 0.4) is 0 Å². The molecule has 5 nitrogen and oxygen atoms in total. The Hall–Kier alpha value is -2.76. The predicted octanol–water partition coefficient (Wildman–Crippen LogP) is 2.74. The number of nitrogens with zero attached hydrogens (tertiary/aromatic N) is 1. The highest BCUT2D eigenvalue weighted by Crippen LogP contribution is 2.20. The van der Waals surface area contributed by atoms with Crippen LogP contribution in [0.2, 0.25) is 0 Å². The fraction of sp³-hybridized carbons (Fsp3) is 0.133. The Kier molecular flexibility index (Phi) is 4.27. The first kappa shape index (κ1) is 14.6. The minimum Gasteiger partial charge on any atom is -0.326 e. The lowest BCUT2D eigenvalue weighted by atomic mass is 10.1. The third-order valence-electron chi connectivity index (χ3n) is 2.81. The number of hydrogen-bond donors (Lipinski definition) is 2. The maximum absolute atomic E-state index is 13.5. The van der Waals surface area contributed by atoms with Gasteiger partial charge in [-0.1, -0.05) is 0 Å². The van der Waals surface area contributed by atoms with Crippen LogP contribution in [0.5, 0.6) is 0 Å². The summed E-state index contributed by atoms with van der Waals surface area (Å²) in [6.07, 6.45) is 2.34. The summed E-state index contributed by atoms with van der Waals surface area (Å²) < 4.78 is 13.5. The quantitative estimate of drug-likeness (QED) is 0.911. The third-order valence-corrected chi connectivity index (χ3v) is 2.81. The number of aromatic nitrogens is 1. The first-order valence-electron chi connectivity index (χ1n) is 6.26. The number of carbonyl (C=O) groups is 2. The minimum absolute atomic E-state index is 0.0754. The summed E-state index contributed by atoms with van der Waals surface area (Å²) in [5, 5.41) is 5.28. The van der Waals surface area contributed by atoms with E-state index < -0.39 is 11.7 Å². The average molecular weight is 287 g/mol. The molecule has 0 atom stereocenters. The van der Waals surface area contributed by atoms with Crippen LogP contribution in [0, 0.1) is 12.7 Å². The number of carbonyl (C=O) groups excluding carboxylic acids is 2. The van der Waals surface area contributed by atoms with E-state index in [2.05, 4.69) is 15.6 Å². The third kappa shape index (κ3) is 3.62. The van der Waals surface area contributed by atoms with Crippen molar-refractivity contribution in [3.63, 3.8) is 0 Å². The Bertz CT molecular complexity index is 701. The predicted molar refractivity (Wildman–Crippen MR) is 77.6 cm³/mol. The Morgan fingerprint density at radius 2 is 1.95 bits per heavy atom. The van der Waals surface area contributed by atoms with Gasteiger partial charge in [-0.15, -0.1) is 0 Å². The average Bonchev–Trinajstić information content (AvgIpc) is 2.42. The molecule has 0 unspecified atom stereocenters. The summed E-state index contributed by atoms with van der Waals surface area (Å²) in [7, 11) is 0. The molecule has 0 saturated heterocycles. The summed E-state index contributed by atoms with van der Waals surface area (Å²) in [4.78, 5) is 26.6. The summed E-state index contributed by atoms with van der Waals surface area (Å²) in [6, 6.07) is 6.32. The highest BCUT2D eigenvalue weighted by atomic mass is 19.1. The molecule has 2 N–H and O–H groups in total. The molecule has 6 heteroatoms. The Morgan fingerprint density at radius 1 is 1.19 bits per heavy atom. The molecule has 21 heavy (non-hydrogen) atoms. The van der Waals surface area contributed by atoms with Crippen LogP contribution in [0.4, 0.5) is 15.8 Å². The van der Waals surface area contributed by atoms with E-state index >= 15 is 0 Å². The number of hydrogen-bond acceptors (Lipinski definition) is 3. The van der Waals surface area contributed by atoms with E-state index in [0.717, 1.165) is 11.8 Å². The molecule has 108 valence electrons. The fourth-order valence-electron chi connectivity index (χ4n) is 1.83. The van der Waals surface area contributed by atoms with Gasteiger partial charge >= 0.3 is 0 Å². The SMILES string of the molecule is CC(=O)Nc1ccc(NC(=O)c2ccncc2F)cc1C. The first-order valence-corrected chi connectivity index (χ1v) is 6.26. The molecule has 2 rings (SSSR count). The van der Waals surface area contributed by atoms with Crippen LogP contribution < -0.4 is 10.6 Å². The van der Waals surface area contributed by atoms with E-state index in [4.69, 9.17) is 0 Å². The van der Waals surface area contributed by atoms with Crippen LogP contribution in [-0.4, -0.2) is 16.8 Å². The van der Waals surface area contributed by atoms with Crippen molar-refractivity contribution in [1.82, 2.24) is 4.98 Å². The fourth-order valence-corrected chi connectivity index (χ4v) is 1.83. The number of nitrogens with one attached hydrogen (secondary N) is 2. The number of benzene rings is 1. The Labute approximate surface area is 121 Å². The number of aryl methyl sites for hydroxylation is 1. The van der Waals surface area contributed by atoms with Crippen molar-refractivity contribution in [2.24, 2.45) is 0 Å². The second kappa shape index (κ2) is 6.13. The van der Waals surface area contributed by atoms with Crippen LogP contribution in [0.25, 0.3) is 0 Å². The van der Waals surface area contributed by atoms with E-state index in [1.54, 1.807) is 25.1 Å². The molecule has 2 amide bonds. The molecule has 0 fully saturated rings. The van der Waals surface area contributed by atoms with Crippen LogP contribution >= 0.6 is 0 Å².